The van der Waals surface area contributed by atoms with Crippen LogP contribution in [0.3, 0.4) is 0 Å². The Morgan fingerprint density at radius 2 is 0.779 bits per heavy atom. The van der Waals surface area contributed by atoms with Gasteiger partial charge in [-0.2, -0.15) is 18.4 Å². The first-order chi connectivity index (χ1) is 62.8. The molecule has 0 atom stereocenters. The van der Waals surface area contributed by atoms with Crippen LogP contribution in [-0.2, 0) is 33.1 Å². The molecule has 4 aromatic heterocycles. The summed E-state index contributed by atoms with van der Waals surface area (Å²) in [6, 6.07) is 50.4. The first-order valence-electron chi connectivity index (χ1n) is 44.6. The van der Waals surface area contributed by atoms with E-state index in [0.29, 0.717) is 87.2 Å². The highest BCUT2D eigenvalue weighted by Gasteiger charge is 2.56. The monoisotopic (exact) mass is 1790 g/mol. The number of nitrogens with two attached hydrogens (primary N) is 1. The number of anilines is 5. The number of benzene rings is 5. The second kappa shape index (κ2) is 38.4. The predicted molar refractivity (Wildman–Crippen MR) is 490 cm³/mol. The van der Waals surface area contributed by atoms with E-state index in [1.165, 1.54) is 47.0 Å². The molecule has 5 aromatic carbocycles. The number of nitriles is 1. The summed E-state index contributed by atoms with van der Waals surface area (Å²) < 4.78 is 47.5. The Balaban J connectivity index is 0.000000134. The number of halogens is 3. The van der Waals surface area contributed by atoms with E-state index in [4.69, 9.17) is 20.8 Å². The first kappa shape index (κ1) is 93.0. The van der Waals surface area contributed by atoms with Crippen LogP contribution >= 0.6 is 0 Å². The van der Waals surface area contributed by atoms with Gasteiger partial charge < -0.3 is 47.1 Å². The molecule has 32 nitrogen and oxygen atoms in total. The molecule has 0 unspecified atom stereocenters. The van der Waals surface area contributed by atoms with E-state index < -0.39 is 35.3 Å². The predicted octanol–water partition coefficient (Wildman–Crippen LogP) is 11.3. The fourth-order valence-electron chi connectivity index (χ4n) is 20.7. The molecule has 688 valence electrons. The lowest BCUT2D eigenvalue weighted by molar-refractivity contribution is -0.140. The van der Waals surface area contributed by atoms with Crippen LogP contribution in [0.4, 0.5) is 61.0 Å². The number of hydrogen-bond donors (Lipinski definition) is 7. The third-order valence-electron chi connectivity index (χ3n) is 28.7. The first-order valence-corrected chi connectivity index (χ1v) is 44.6. The third kappa shape index (κ3) is 19.3. The van der Waals surface area contributed by atoms with Crippen molar-refractivity contribution in [3.63, 3.8) is 0 Å². The van der Waals surface area contributed by atoms with Crippen molar-refractivity contribution in [2.45, 2.75) is 153 Å². The molecule has 4 saturated carbocycles. The molecule has 9 aliphatic rings. The van der Waals surface area contributed by atoms with Gasteiger partial charge in [0.1, 0.15) is 0 Å². The van der Waals surface area contributed by atoms with Crippen LogP contribution in [0.5, 0.6) is 0 Å². The number of nitrogens with one attached hydrogen (secondary N) is 5. The molecule has 9 aromatic rings. The summed E-state index contributed by atoms with van der Waals surface area (Å²) in [5.41, 5.74) is 10.5. The van der Waals surface area contributed by atoms with E-state index in [1.54, 1.807) is 44.1 Å². The number of ether oxygens (including phenoxy) is 1. The largest absolute Gasteiger partial charge is 0.435 e. The van der Waals surface area contributed by atoms with Gasteiger partial charge in [0.2, 0.25) is 17.6 Å². The maximum Gasteiger partial charge on any atom is 0.435 e. The van der Waals surface area contributed by atoms with Crippen LogP contribution in [0.15, 0.2) is 189 Å². The summed E-state index contributed by atoms with van der Waals surface area (Å²) in [7, 11) is 16.9. The molecule has 5 saturated heterocycles. The van der Waals surface area contributed by atoms with Gasteiger partial charge in [0.25, 0.3) is 11.8 Å². The number of aliphatic hydroxyl groups is 1. The molecule has 10 amide bonds. The molecular weight excluding hydrogens is 1670 g/mol. The Morgan fingerprint density at radius 3 is 1.09 bits per heavy atom. The van der Waals surface area contributed by atoms with Crippen LogP contribution in [-0.4, -0.2) is 245 Å². The van der Waals surface area contributed by atoms with Gasteiger partial charge in [-0.25, -0.2) is 59.0 Å². The van der Waals surface area contributed by atoms with Gasteiger partial charge in [0.05, 0.1) is 146 Å². The second-order valence-electron chi connectivity index (χ2n) is 36.7. The molecule has 4 aliphatic carbocycles. The standard InChI is InChI=1S/C27H28N6O.C25H31F3N6O2.C23H30N6O3.C21H26N6O2/c1-32(2)27(22-6-4-3-5-7-22)14-12-26(13-15-27)19-33(25(34)31-26)23-17-29-24(30-18-23)21-10-8-20(16-28)9-11-21;1-32(2)24(18-6-4-3-5-7-18)10-8-23(9-11-24)17-34(22(35)31-23)19-16-29-21(30-20(19)25(26,27)28)33-12-14-36-15-13-33;1-28(2)23(17-6-4-3-5-7-17)10-8-22(9-11-23)16-29(21(32)27-22)18-14-25-19(26-15-18)20(31)24-12-13-30;1-26(2)21(15-6-4-3-5-7-15)10-8-20(9-11-21)14-27(19(29)25-20)16-12-23-18(17(22)28)24-13-16/h3-11,17-18H,12-15,19H2,1-2H3,(H,31,34);3-7,16H,8-15,17H2,1-2H3,(H,31,35);3-7,14-15,30H,8-13,16H2,1-2H3,(H,24,31)(H,27,32);3-7,12-13H,8-11,14H2,1-2H3,(H2,22,28)(H,25,29). The summed E-state index contributed by atoms with van der Waals surface area (Å²) in [6.45, 7) is 3.49. The lowest BCUT2D eigenvalue weighted by Crippen LogP contribution is -2.54. The molecule has 0 radical (unpaired) electrons. The maximum atomic E-state index is 14.1. The molecule has 9 heterocycles. The normalized spacial score (nSPS) is 25.8. The third-order valence-corrected chi connectivity index (χ3v) is 28.7. The Labute approximate surface area is 761 Å². The topological polar surface area (TPSA) is 374 Å². The summed E-state index contributed by atoms with van der Waals surface area (Å²) >= 11 is 0. The number of carbonyl (C=O) groups excluding carboxylic acids is 6. The number of alkyl halides is 3. The zero-order valence-electron chi connectivity index (χ0n) is 75.3. The number of morpholine rings is 1. The molecule has 18 rings (SSSR count). The molecule has 8 N–H and O–H groups in total. The molecule has 0 bridgehead atoms. The lowest BCUT2D eigenvalue weighted by Gasteiger charge is -2.48. The van der Waals surface area contributed by atoms with Crippen molar-refractivity contribution in [1.29, 1.82) is 5.26 Å². The number of primary amides is 1. The highest BCUT2D eigenvalue weighted by molar-refractivity contribution is 5.98. The van der Waals surface area contributed by atoms with E-state index in [1.807, 2.05) is 56.6 Å². The Kier molecular flexibility index (Phi) is 27.2. The van der Waals surface area contributed by atoms with Gasteiger partial charge in [-0.05, 0) is 206 Å². The Hall–Kier alpha value is -12.7. The van der Waals surface area contributed by atoms with E-state index in [-0.39, 0.29) is 99.8 Å². The smallest absolute Gasteiger partial charge is 0.395 e. The van der Waals surface area contributed by atoms with E-state index in [2.05, 4.69) is 225 Å². The zero-order chi connectivity index (χ0) is 92.7. The fraction of sp³-hybridized carbons (Fsp3) is 0.448. The minimum Gasteiger partial charge on any atom is -0.395 e. The average Bonchev–Trinajstić information content (AvgIpc) is 1.69. The second-order valence-corrected chi connectivity index (χ2v) is 36.7. The number of amides is 10. The lowest BCUT2D eigenvalue weighted by atomic mass is 9.69. The molecule has 4 spiro atoms. The van der Waals surface area contributed by atoms with Crippen molar-refractivity contribution >= 4 is 64.6 Å². The number of aromatic nitrogens is 8. The average molecular weight is 1790 g/mol. The van der Waals surface area contributed by atoms with Crippen molar-refractivity contribution < 1.29 is 51.8 Å². The van der Waals surface area contributed by atoms with E-state index in [0.717, 1.165) is 107 Å². The molecule has 9 fully saturated rings. The molecular formula is C96H115F3N24O8. The number of aliphatic hydroxyl groups excluding tert-OH is 1. The maximum absolute atomic E-state index is 14.1. The number of hydrogen-bond acceptors (Lipinski definition) is 22. The quantitative estimate of drug-likeness (QED) is 0.0419. The summed E-state index contributed by atoms with van der Waals surface area (Å²) in [6.07, 6.45) is 19.7. The number of carbonyl (C=O) groups is 6. The Morgan fingerprint density at radius 1 is 0.458 bits per heavy atom. The van der Waals surface area contributed by atoms with Crippen molar-refractivity contribution in [2.24, 2.45) is 5.73 Å². The Bertz CT molecular complexity index is 5530. The SMILES string of the molecule is CN(C)C1(c2ccccc2)CCC2(CC1)CN(c1cnc(-c3ccc(C#N)cc3)nc1)C(=O)N2.CN(C)C1(c2ccccc2)CCC2(CC1)CN(c1cnc(C(=O)NCCO)nc1)C(=O)N2.CN(C)C1(c2ccccc2)CCC2(CC1)CN(c1cnc(C(N)=O)nc1)C(=O)N2.CN(C)C1(c2ccccc2)CCC2(CC1)CN(c1cnc(N3CCOCC3)nc1C(F)(F)F)C(=O)N2. The summed E-state index contributed by atoms with van der Waals surface area (Å²) in [5, 5.41) is 33.0. The number of nitrogens with zero attached hydrogens (tertiary/aromatic N) is 18. The van der Waals surface area contributed by atoms with Crippen LogP contribution < -0.4 is 56.8 Å². The van der Waals surface area contributed by atoms with Crippen molar-refractivity contribution in [2.75, 3.05) is 147 Å². The molecule has 131 heavy (non-hydrogen) atoms. The minimum atomic E-state index is -4.73. The van der Waals surface area contributed by atoms with Crippen LogP contribution in [0.25, 0.3) is 11.4 Å². The van der Waals surface area contributed by atoms with Crippen molar-refractivity contribution in [3.05, 3.63) is 234 Å². The number of rotatable bonds is 18. The van der Waals surface area contributed by atoms with E-state index in [9.17, 15) is 41.9 Å². The van der Waals surface area contributed by atoms with Gasteiger partial charge in [-0.1, -0.05) is 121 Å². The van der Waals surface area contributed by atoms with Crippen molar-refractivity contribution in [1.82, 2.24) is 86.1 Å². The number of urea groups is 4. The van der Waals surface area contributed by atoms with Gasteiger partial charge >= 0.3 is 30.3 Å². The summed E-state index contributed by atoms with van der Waals surface area (Å²) in [5.74, 6) is -0.626. The highest BCUT2D eigenvalue weighted by atomic mass is 19.4. The fourth-order valence-corrected chi connectivity index (χ4v) is 20.7. The summed E-state index contributed by atoms with van der Waals surface area (Å²) in [4.78, 5) is 125. The minimum absolute atomic E-state index is 0.0000116. The van der Waals surface area contributed by atoms with Crippen molar-refractivity contribution in [3.8, 4) is 17.5 Å². The van der Waals surface area contributed by atoms with Gasteiger partial charge in [-0.3, -0.25) is 48.8 Å². The van der Waals surface area contributed by atoms with Crippen LogP contribution in [0.1, 0.15) is 157 Å². The van der Waals surface area contributed by atoms with E-state index >= 15 is 0 Å². The highest BCUT2D eigenvalue weighted by Crippen LogP contribution is 2.52. The zero-order valence-corrected chi connectivity index (χ0v) is 75.3. The molecule has 5 aliphatic heterocycles. The van der Waals surface area contributed by atoms with Gasteiger partial charge in [0.15, 0.2) is 11.5 Å². The molecule has 35 heteroatoms. The van der Waals surface area contributed by atoms with Gasteiger partial charge in [0, 0.05) is 47.4 Å². The van der Waals surface area contributed by atoms with Crippen LogP contribution in [0.2, 0.25) is 0 Å². The van der Waals surface area contributed by atoms with Gasteiger partial charge in [-0.15, -0.1) is 0 Å². The van der Waals surface area contributed by atoms with Crippen LogP contribution in [0, 0.1) is 11.3 Å².